The van der Waals surface area contributed by atoms with Crippen molar-refractivity contribution in [3.05, 3.63) is 41.4 Å². The summed E-state index contributed by atoms with van der Waals surface area (Å²) < 4.78 is 7.30. The van der Waals surface area contributed by atoms with Gasteiger partial charge in [-0.2, -0.15) is 0 Å². The van der Waals surface area contributed by atoms with Crippen LogP contribution in [-0.4, -0.2) is 38.6 Å². The molecule has 0 bridgehead atoms. The molecule has 6 nitrogen and oxygen atoms in total. The molecule has 124 valence electrons. The van der Waals surface area contributed by atoms with Crippen LogP contribution in [-0.2, 0) is 7.05 Å². The monoisotopic (exact) mass is 317 g/mol. The number of carbonyl (C=O) groups excluding carboxylic acids is 1. The molecule has 0 aromatic carbocycles. The molecule has 1 N–H and O–H groups in total. The van der Waals surface area contributed by atoms with Gasteiger partial charge in [-0.1, -0.05) is 0 Å². The van der Waals surface area contributed by atoms with Crippen LogP contribution in [0, 0.1) is 19.8 Å². The molecule has 3 rings (SSSR count). The van der Waals surface area contributed by atoms with Crippen molar-refractivity contribution in [3.8, 4) is 0 Å². The maximum Gasteiger partial charge on any atom is 0.257 e. The van der Waals surface area contributed by atoms with Crippen molar-refractivity contribution in [1.29, 1.82) is 0 Å². The first-order valence-corrected chi connectivity index (χ1v) is 7.99. The van der Waals surface area contributed by atoms with Gasteiger partial charge in [0.2, 0.25) is 0 Å². The molecular formula is C17H23N3O3. The van der Waals surface area contributed by atoms with E-state index in [9.17, 15) is 9.90 Å². The Bertz CT molecular complexity index is 696. The minimum Gasteiger partial charge on any atom is -0.466 e. The number of imidazole rings is 1. The zero-order valence-electron chi connectivity index (χ0n) is 13.8. The molecule has 1 saturated heterocycles. The van der Waals surface area contributed by atoms with Gasteiger partial charge in [-0.25, -0.2) is 4.98 Å². The zero-order valence-corrected chi connectivity index (χ0v) is 13.8. The highest BCUT2D eigenvalue weighted by Gasteiger charge is 2.31. The summed E-state index contributed by atoms with van der Waals surface area (Å²) in [6, 6.07) is 1.80. The second-order valence-electron chi connectivity index (χ2n) is 6.30. The molecule has 0 aliphatic carbocycles. The van der Waals surface area contributed by atoms with Crippen LogP contribution in [0.5, 0.6) is 0 Å². The molecule has 2 aromatic heterocycles. The number of likely N-dealkylation sites (tertiary alicyclic amines) is 1. The quantitative estimate of drug-likeness (QED) is 0.942. The third-order valence-electron chi connectivity index (χ3n) is 4.67. The van der Waals surface area contributed by atoms with Gasteiger partial charge in [0.25, 0.3) is 5.91 Å². The van der Waals surface area contributed by atoms with Gasteiger partial charge in [0.05, 0.1) is 5.56 Å². The molecule has 1 atom stereocenters. The highest BCUT2D eigenvalue weighted by atomic mass is 16.3. The van der Waals surface area contributed by atoms with Crippen molar-refractivity contribution in [1.82, 2.24) is 14.5 Å². The lowest BCUT2D eigenvalue weighted by molar-refractivity contribution is 0.0419. The maximum atomic E-state index is 12.6. The Hall–Kier alpha value is -2.08. The molecule has 23 heavy (non-hydrogen) atoms. The SMILES string of the molecule is Cc1cc(C(=O)N2CCC(C(O)c3nccn3C)CC2)c(C)o1. The summed E-state index contributed by atoms with van der Waals surface area (Å²) in [6.45, 7) is 4.96. The molecule has 0 radical (unpaired) electrons. The van der Waals surface area contributed by atoms with Crippen LogP contribution in [0.3, 0.4) is 0 Å². The van der Waals surface area contributed by atoms with Crippen LogP contribution in [0.1, 0.15) is 46.6 Å². The summed E-state index contributed by atoms with van der Waals surface area (Å²) in [5.74, 6) is 2.27. The van der Waals surface area contributed by atoms with Gasteiger partial charge in [0, 0.05) is 32.5 Å². The van der Waals surface area contributed by atoms with E-state index < -0.39 is 6.10 Å². The Balaban J connectivity index is 1.63. The predicted octanol–water partition coefficient (Wildman–Crippen LogP) is 2.22. The average molecular weight is 317 g/mol. The lowest BCUT2D eigenvalue weighted by Gasteiger charge is -2.34. The number of aromatic nitrogens is 2. The molecule has 1 unspecified atom stereocenters. The van der Waals surface area contributed by atoms with E-state index in [2.05, 4.69) is 4.98 Å². The maximum absolute atomic E-state index is 12.6. The van der Waals surface area contributed by atoms with Crippen LogP contribution < -0.4 is 0 Å². The van der Waals surface area contributed by atoms with Gasteiger partial charge >= 0.3 is 0 Å². The molecule has 1 amide bonds. The van der Waals surface area contributed by atoms with Gasteiger partial charge in [-0.15, -0.1) is 0 Å². The molecular weight excluding hydrogens is 294 g/mol. The van der Waals surface area contributed by atoms with Crippen LogP contribution in [0.25, 0.3) is 0 Å². The number of hydrogen-bond donors (Lipinski definition) is 1. The molecule has 3 heterocycles. The Morgan fingerprint density at radius 1 is 1.39 bits per heavy atom. The van der Waals surface area contributed by atoms with Gasteiger partial charge in [-0.05, 0) is 38.7 Å². The predicted molar refractivity (Wildman–Crippen MR) is 85.0 cm³/mol. The van der Waals surface area contributed by atoms with E-state index in [1.807, 2.05) is 36.6 Å². The molecule has 1 fully saturated rings. The molecule has 0 spiro atoms. The lowest BCUT2D eigenvalue weighted by atomic mass is 9.90. The minimum absolute atomic E-state index is 0.0179. The van der Waals surface area contributed by atoms with Crippen molar-refractivity contribution in [2.45, 2.75) is 32.8 Å². The van der Waals surface area contributed by atoms with Crippen LogP contribution in [0.4, 0.5) is 0 Å². The number of aliphatic hydroxyl groups is 1. The number of furan rings is 1. The summed E-state index contributed by atoms with van der Waals surface area (Å²) in [6.07, 6.45) is 4.50. The topological polar surface area (TPSA) is 71.5 Å². The molecule has 1 aliphatic rings. The molecule has 6 heteroatoms. The highest BCUT2D eigenvalue weighted by molar-refractivity contribution is 5.95. The fraction of sp³-hybridized carbons (Fsp3) is 0.529. The van der Waals surface area contributed by atoms with Crippen molar-refractivity contribution in [3.63, 3.8) is 0 Å². The summed E-state index contributed by atoms with van der Waals surface area (Å²) >= 11 is 0. The lowest BCUT2D eigenvalue weighted by Crippen LogP contribution is -2.40. The Labute approximate surface area is 135 Å². The zero-order chi connectivity index (χ0) is 16.6. The summed E-state index contributed by atoms with van der Waals surface area (Å²) in [5.41, 5.74) is 0.644. The fourth-order valence-corrected chi connectivity index (χ4v) is 3.30. The summed E-state index contributed by atoms with van der Waals surface area (Å²) in [4.78, 5) is 18.7. The van der Waals surface area contributed by atoms with Gasteiger partial charge in [0.15, 0.2) is 0 Å². The number of carbonyl (C=O) groups is 1. The van der Waals surface area contributed by atoms with Crippen LogP contribution >= 0.6 is 0 Å². The smallest absolute Gasteiger partial charge is 0.257 e. The van der Waals surface area contributed by atoms with Crippen molar-refractivity contribution >= 4 is 5.91 Å². The van der Waals surface area contributed by atoms with E-state index in [-0.39, 0.29) is 11.8 Å². The number of aliphatic hydroxyl groups excluding tert-OH is 1. The second-order valence-corrected chi connectivity index (χ2v) is 6.30. The van der Waals surface area contributed by atoms with Crippen LogP contribution in [0.2, 0.25) is 0 Å². The average Bonchev–Trinajstić information content (AvgIpc) is 3.11. The van der Waals surface area contributed by atoms with E-state index in [1.54, 1.807) is 12.3 Å². The van der Waals surface area contributed by atoms with E-state index in [0.29, 0.717) is 30.2 Å². The fourth-order valence-electron chi connectivity index (χ4n) is 3.30. The second kappa shape index (κ2) is 6.20. The van der Waals surface area contributed by atoms with E-state index in [1.165, 1.54) is 0 Å². The number of aryl methyl sites for hydroxylation is 3. The summed E-state index contributed by atoms with van der Waals surface area (Å²) in [5, 5.41) is 10.5. The van der Waals surface area contributed by atoms with Crippen LogP contribution in [0.15, 0.2) is 22.9 Å². The molecule has 0 saturated carbocycles. The first-order valence-electron chi connectivity index (χ1n) is 7.99. The van der Waals surface area contributed by atoms with Gasteiger partial charge < -0.3 is 19.0 Å². The number of amides is 1. The van der Waals surface area contributed by atoms with Crippen molar-refractivity contribution in [2.75, 3.05) is 13.1 Å². The highest BCUT2D eigenvalue weighted by Crippen LogP contribution is 2.30. The van der Waals surface area contributed by atoms with Crippen molar-refractivity contribution in [2.24, 2.45) is 13.0 Å². The normalized spacial score (nSPS) is 17.5. The van der Waals surface area contributed by atoms with E-state index >= 15 is 0 Å². The summed E-state index contributed by atoms with van der Waals surface area (Å²) in [7, 11) is 1.88. The minimum atomic E-state index is -0.579. The third-order valence-corrected chi connectivity index (χ3v) is 4.67. The Morgan fingerprint density at radius 2 is 2.09 bits per heavy atom. The molecule has 1 aliphatic heterocycles. The first-order chi connectivity index (χ1) is 11.0. The van der Waals surface area contributed by atoms with Gasteiger partial charge in [-0.3, -0.25) is 4.79 Å². The first kappa shape index (κ1) is 15.8. The molecule has 2 aromatic rings. The Kier molecular flexibility index (Phi) is 4.26. The largest absolute Gasteiger partial charge is 0.466 e. The number of piperidine rings is 1. The number of hydrogen-bond acceptors (Lipinski definition) is 4. The Morgan fingerprint density at radius 3 is 2.61 bits per heavy atom. The van der Waals surface area contributed by atoms with Gasteiger partial charge in [0.1, 0.15) is 23.4 Å². The van der Waals surface area contributed by atoms with Crippen molar-refractivity contribution < 1.29 is 14.3 Å². The third kappa shape index (κ3) is 3.03. The number of nitrogens with zero attached hydrogens (tertiary/aromatic N) is 3. The van der Waals surface area contributed by atoms with E-state index in [4.69, 9.17) is 4.42 Å². The standard InChI is InChI=1S/C17H23N3O3/c1-11-10-14(12(2)23-11)17(22)20-7-4-13(5-8-20)15(21)16-18-6-9-19(16)3/h6,9-10,13,15,21H,4-5,7-8H2,1-3H3. The van der Waals surface area contributed by atoms with E-state index in [0.717, 1.165) is 18.6 Å². The number of rotatable bonds is 3.